The van der Waals surface area contributed by atoms with E-state index >= 15 is 0 Å². The SMILES string of the molecule is CN=C(NCCc1ccncc1C)N1CCN(C(C)C(F)(F)F)CC1. The molecule has 1 atom stereocenters. The monoisotopic (exact) mass is 357 g/mol. The molecule has 1 aliphatic rings. The van der Waals surface area contributed by atoms with E-state index in [9.17, 15) is 13.2 Å². The first-order valence-corrected chi connectivity index (χ1v) is 8.48. The Morgan fingerprint density at radius 3 is 2.56 bits per heavy atom. The molecule has 1 N–H and O–H groups in total. The fraction of sp³-hybridized carbons (Fsp3) is 0.647. The Bertz CT molecular complexity index is 580. The summed E-state index contributed by atoms with van der Waals surface area (Å²) >= 11 is 0. The highest BCUT2D eigenvalue weighted by molar-refractivity contribution is 5.80. The minimum absolute atomic E-state index is 0.380. The molecular weight excluding hydrogens is 331 g/mol. The summed E-state index contributed by atoms with van der Waals surface area (Å²) in [6, 6.07) is 0.594. The summed E-state index contributed by atoms with van der Waals surface area (Å²) in [5.41, 5.74) is 2.37. The first-order valence-electron chi connectivity index (χ1n) is 8.48. The van der Waals surface area contributed by atoms with E-state index in [2.05, 4.69) is 15.3 Å². The number of hydrogen-bond donors (Lipinski definition) is 1. The molecule has 2 rings (SSSR count). The van der Waals surface area contributed by atoms with Gasteiger partial charge in [-0.2, -0.15) is 13.2 Å². The first-order chi connectivity index (χ1) is 11.8. The number of piperazine rings is 1. The van der Waals surface area contributed by atoms with Gasteiger partial charge in [-0.1, -0.05) is 0 Å². The molecule has 0 radical (unpaired) electrons. The number of hydrogen-bond acceptors (Lipinski definition) is 3. The van der Waals surface area contributed by atoms with Crippen LogP contribution in [0.2, 0.25) is 0 Å². The van der Waals surface area contributed by atoms with Gasteiger partial charge in [0.05, 0.1) is 0 Å². The Hall–Kier alpha value is -1.83. The second-order valence-corrected chi connectivity index (χ2v) is 6.27. The maximum atomic E-state index is 12.8. The number of halogens is 3. The zero-order chi connectivity index (χ0) is 18.4. The molecule has 0 spiro atoms. The number of alkyl halides is 3. The zero-order valence-electron chi connectivity index (χ0n) is 15.0. The van der Waals surface area contributed by atoms with Gasteiger partial charge in [0.25, 0.3) is 0 Å². The summed E-state index contributed by atoms with van der Waals surface area (Å²) in [5, 5.41) is 3.30. The predicted octanol–water partition coefficient (Wildman–Crippen LogP) is 2.08. The number of nitrogens with one attached hydrogen (secondary N) is 1. The third-order valence-electron chi connectivity index (χ3n) is 4.66. The van der Waals surface area contributed by atoms with Gasteiger partial charge in [0.2, 0.25) is 0 Å². The van der Waals surface area contributed by atoms with Crippen LogP contribution in [0.1, 0.15) is 18.1 Å². The lowest BCUT2D eigenvalue weighted by atomic mass is 10.1. The van der Waals surface area contributed by atoms with Crippen LogP contribution in [0.4, 0.5) is 13.2 Å². The lowest BCUT2D eigenvalue weighted by molar-refractivity contribution is -0.181. The normalized spacial score (nSPS) is 18.3. The van der Waals surface area contributed by atoms with Crippen LogP contribution in [0.5, 0.6) is 0 Å². The van der Waals surface area contributed by atoms with Crippen molar-refractivity contribution in [3.63, 3.8) is 0 Å². The Morgan fingerprint density at radius 2 is 2.00 bits per heavy atom. The third-order valence-corrected chi connectivity index (χ3v) is 4.66. The molecule has 0 saturated carbocycles. The number of aromatic nitrogens is 1. The van der Waals surface area contributed by atoms with E-state index in [1.165, 1.54) is 17.4 Å². The van der Waals surface area contributed by atoms with Gasteiger partial charge in [-0.3, -0.25) is 14.9 Å². The van der Waals surface area contributed by atoms with Crippen LogP contribution >= 0.6 is 0 Å². The zero-order valence-corrected chi connectivity index (χ0v) is 15.0. The van der Waals surface area contributed by atoms with Crippen LogP contribution in [0, 0.1) is 6.92 Å². The summed E-state index contributed by atoms with van der Waals surface area (Å²) in [6.07, 6.45) is 0.284. The maximum absolute atomic E-state index is 12.8. The van der Waals surface area contributed by atoms with Crippen LogP contribution in [0.15, 0.2) is 23.5 Å². The van der Waals surface area contributed by atoms with Gasteiger partial charge in [-0.15, -0.1) is 0 Å². The molecular formula is C17H26F3N5. The molecule has 8 heteroatoms. The van der Waals surface area contributed by atoms with Crippen molar-refractivity contribution in [3.05, 3.63) is 29.6 Å². The van der Waals surface area contributed by atoms with Crippen molar-refractivity contribution < 1.29 is 13.2 Å². The molecule has 1 fully saturated rings. The minimum atomic E-state index is -4.18. The average Bonchev–Trinajstić information content (AvgIpc) is 2.59. The fourth-order valence-corrected chi connectivity index (χ4v) is 2.95. The van der Waals surface area contributed by atoms with Crippen LogP contribution in [-0.4, -0.2) is 72.7 Å². The van der Waals surface area contributed by atoms with Gasteiger partial charge in [0.1, 0.15) is 6.04 Å². The number of nitrogens with zero attached hydrogens (tertiary/aromatic N) is 4. The molecule has 1 aromatic rings. The molecule has 25 heavy (non-hydrogen) atoms. The number of aliphatic imine (C=N–C) groups is 1. The molecule has 0 bridgehead atoms. The highest BCUT2D eigenvalue weighted by Gasteiger charge is 2.41. The Kier molecular flexibility index (Phi) is 6.64. The van der Waals surface area contributed by atoms with Crippen molar-refractivity contribution in [3.8, 4) is 0 Å². The van der Waals surface area contributed by atoms with E-state index in [4.69, 9.17) is 0 Å². The fourth-order valence-electron chi connectivity index (χ4n) is 2.95. The molecule has 0 aliphatic carbocycles. The minimum Gasteiger partial charge on any atom is -0.356 e. The van der Waals surface area contributed by atoms with Crippen molar-refractivity contribution in [2.45, 2.75) is 32.5 Å². The standard InChI is InChI=1S/C17H26F3N5/c1-13-12-22-6-4-15(13)5-7-23-16(21-3)25-10-8-24(9-11-25)14(2)17(18,19)20/h4,6,12,14H,5,7-11H2,1-3H3,(H,21,23). The van der Waals surface area contributed by atoms with Crippen molar-refractivity contribution >= 4 is 5.96 Å². The number of guanidine groups is 1. The van der Waals surface area contributed by atoms with Gasteiger partial charge in [0, 0.05) is 52.2 Å². The summed E-state index contributed by atoms with van der Waals surface area (Å²) < 4.78 is 38.5. The van der Waals surface area contributed by atoms with Gasteiger partial charge >= 0.3 is 6.18 Å². The van der Waals surface area contributed by atoms with E-state index in [0.29, 0.717) is 26.2 Å². The van der Waals surface area contributed by atoms with Gasteiger partial charge in [-0.05, 0) is 37.5 Å². The lowest BCUT2D eigenvalue weighted by Crippen LogP contribution is -2.56. The highest BCUT2D eigenvalue weighted by Crippen LogP contribution is 2.25. The second kappa shape index (κ2) is 8.51. The van der Waals surface area contributed by atoms with E-state index in [1.807, 2.05) is 24.1 Å². The predicted molar refractivity (Wildman–Crippen MR) is 92.7 cm³/mol. The van der Waals surface area contributed by atoms with Crippen molar-refractivity contribution in [2.75, 3.05) is 39.8 Å². The van der Waals surface area contributed by atoms with Gasteiger partial charge in [0.15, 0.2) is 5.96 Å². The van der Waals surface area contributed by atoms with Crippen LogP contribution in [-0.2, 0) is 6.42 Å². The Morgan fingerprint density at radius 1 is 1.32 bits per heavy atom. The summed E-state index contributed by atoms with van der Waals surface area (Å²) in [4.78, 5) is 11.8. The van der Waals surface area contributed by atoms with E-state index in [1.54, 1.807) is 13.2 Å². The van der Waals surface area contributed by atoms with E-state index < -0.39 is 12.2 Å². The summed E-state index contributed by atoms with van der Waals surface area (Å²) in [6.45, 7) is 5.80. The molecule has 1 aromatic heterocycles. The van der Waals surface area contributed by atoms with Crippen LogP contribution in [0.25, 0.3) is 0 Å². The van der Waals surface area contributed by atoms with E-state index in [-0.39, 0.29) is 0 Å². The largest absolute Gasteiger partial charge is 0.403 e. The number of rotatable bonds is 4. The number of aryl methyl sites for hydroxylation is 1. The van der Waals surface area contributed by atoms with Crippen LogP contribution in [0.3, 0.4) is 0 Å². The second-order valence-electron chi connectivity index (χ2n) is 6.27. The van der Waals surface area contributed by atoms with Crippen molar-refractivity contribution in [1.82, 2.24) is 20.1 Å². The molecule has 2 heterocycles. The maximum Gasteiger partial charge on any atom is 0.403 e. The van der Waals surface area contributed by atoms with Crippen molar-refractivity contribution in [2.24, 2.45) is 4.99 Å². The smallest absolute Gasteiger partial charge is 0.356 e. The van der Waals surface area contributed by atoms with Gasteiger partial charge < -0.3 is 10.2 Å². The lowest BCUT2D eigenvalue weighted by Gasteiger charge is -2.39. The van der Waals surface area contributed by atoms with E-state index in [0.717, 1.165) is 24.5 Å². The topological polar surface area (TPSA) is 43.8 Å². The Labute approximate surface area is 146 Å². The van der Waals surface area contributed by atoms with Crippen molar-refractivity contribution in [1.29, 1.82) is 0 Å². The first kappa shape index (κ1) is 19.5. The quantitative estimate of drug-likeness (QED) is 0.662. The molecule has 1 aliphatic heterocycles. The van der Waals surface area contributed by atoms with Gasteiger partial charge in [-0.25, -0.2) is 0 Å². The summed E-state index contributed by atoms with van der Waals surface area (Å²) in [5.74, 6) is 0.742. The highest BCUT2D eigenvalue weighted by atomic mass is 19.4. The van der Waals surface area contributed by atoms with Crippen LogP contribution < -0.4 is 5.32 Å². The molecule has 0 aromatic carbocycles. The Balaban J connectivity index is 1.81. The molecule has 1 saturated heterocycles. The number of pyridine rings is 1. The summed E-state index contributed by atoms with van der Waals surface area (Å²) in [7, 11) is 1.70. The average molecular weight is 357 g/mol. The molecule has 0 amide bonds. The molecule has 5 nitrogen and oxygen atoms in total. The molecule has 1 unspecified atom stereocenters. The third kappa shape index (κ3) is 5.32. The molecule has 140 valence electrons.